The fraction of sp³-hybridized carbons (Fsp3) is 0.643. The van der Waals surface area contributed by atoms with Crippen LogP contribution in [0.4, 0.5) is 0 Å². The summed E-state index contributed by atoms with van der Waals surface area (Å²) in [7, 11) is 0. The third kappa shape index (κ3) is 3.58. The van der Waals surface area contributed by atoms with Gasteiger partial charge in [0.05, 0.1) is 18.3 Å². The zero-order valence-corrected chi connectivity index (χ0v) is 12.9. The Balaban J connectivity index is 2.10. The lowest BCUT2D eigenvalue weighted by atomic mass is 10.0. The molecule has 112 valence electrons. The van der Waals surface area contributed by atoms with E-state index in [-0.39, 0.29) is 18.3 Å². The Hall–Kier alpha value is -0.950. The Bertz CT molecular complexity index is 497. The van der Waals surface area contributed by atoms with E-state index in [9.17, 15) is 9.90 Å². The molecule has 0 amide bonds. The topological polar surface area (TPSA) is 70.0 Å². The first-order valence-electron chi connectivity index (χ1n) is 6.64. The van der Waals surface area contributed by atoms with Crippen molar-refractivity contribution in [2.45, 2.75) is 39.0 Å². The van der Waals surface area contributed by atoms with Gasteiger partial charge in [-0.15, -0.1) is 11.3 Å². The Kier molecular flexibility index (Phi) is 4.49. The van der Waals surface area contributed by atoms with Crippen LogP contribution in [0.25, 0.3) is 0 Å². The van der Waals surface area contributed by atoms with Crippen molar-refractivity contribution in [2.24, 2.45) is 0 Å². The molecule has 1 aromatic rings. The molecule has 0 aromatic carbocycles. The summed E-state index contributed by atoms with van der Waals surface area (Å²) in [6.07, 6.45) is -0.184. The van der Waals surface area contributed by atoms with Crippen LogP contribution < -0.4 is 0 Å². The number of hydrogen-bond acceptors (Lipinski definition) is 5. The molecule has 1 unspecified atom stereocenters. The second-order valence-corrected chi connectivity index (χ2v) is 7.11. The molecule has 20 heavy (non-hydrogen) atoms. The minimum absolute atomic E-state index is 0.00290. The molecule has 1 aliphatic heterocycles. The summed E-state index contributed by atoms with van der Waals surface area (Å²) in [5.74, 6) is -0.875. The van der Waals surface area contributed by atoms with E-state index < -0.39 is 5.97 Å². The zero-order valence-electron chi connectivity index (χ0n) is 12.0. The molecule has 0 radical (unpaired) electrons. The average Bonchev–Trinajstić information content (AvgIpc) is 2.69. The molecule has 1 aromatic heterocycles. The van der Waals surface area contributed by atoms with Crippen molar-refractivity contribution in [3.8, 4) is 0 Å². The van der Waals surface area contributed by atoms with E-state index in [1.807, 2.05) is 20.8 Å². The van der Waals surface area contributed by atoms with E-state index in [2.05, 4.69) is 4.90 Å². The molecule has 0 bridgehead atoms. The first-order chi connectivity index (χ1) is 9.30. The molecular formula is C14H21NO4S. The number of aliphatic hydroxyl groups excluding tert-OH is 1. The molecule has 1 atom stereocenters. The van der Waals surface area contributed by atoms with Gasteiger partial charge in [-0.1, -0.05) is 0 Å². The van der Waals surface area contributed by atoms with Gasteiger partial charge in [0.15, 0.2) is 0 Å². The molecule has 6 heteroatoms. The van der Waals surface area contributed by atoms with Gasteiger partial charge in [0.25, 0.3) is 0 Å². The lowest BCUT2D eigenvalue weighted by molar-refractivity contribution is -0.150. The molecule has 0 spiro atoms. The highest BCUT2D eigenvalue weighted by Gasteiger charge is 2.33. The molecule has 1 aliphatic rings. The summed E-state index contributed by atoms with van der Waals surface area (Å²) in [5, 5.41) is 18.3. The Morgan fingerprint density at radius 1 is 1.60 bits per heavy atom. The van der Waals surface area contributed by atoms with Gasteiger partial charge in [0, 0.05) is 24.5 Å². The van der Waals surface area contributed by atoms with Crippen LogP contribution in [0.1, 0.15) is 34.0 Å². The second kappa shape index (κ2) is 5.81. The molecule has 0 saturated carbocycles. The maximum atomic E-state index is 11.0. The van der Waals surface area contributed by atoms with Crippen LogP contribution >= 0.6 is 11.3 Å². The summed E-state index contributed by atoms with van der Waals surface area (Å²) in [5.41, 5.74) is 0.743. The van der Waals surface area contributed by atoms with E-state index in [1.54, 1.807) is 6.07 Å². The van der Waals surface area contributed by atoms with Crippen LogP contribution in [-0.2, 0) is 11.3 Å². The van der Waals surface area contributed by atoms with E-state index in [0.717, 1.165) is 17.0 Å². The predicted octanol–water partition coefficient (Wildman–Crippen LogP) is 1.73. The number of thiophene rings is 1. The average molecular weight is 299 g/mol. The van der Waals surface area contributed by atoms with Crippen LogP contribution in [0.3, 0.4) is 0 Å². The zero-order chi connectivity index (χ0) is 14.9. The van der Waals surface area contributed by atoms with Crippen molar-refractivity contribution < 1.29 is 19.7 Å². The highest BCUT2D eigenvalue weighted by Crippen LogP contribution is 2.26. The van der Waals surface area contributed by atoms with Gasteiger partial charge in [-0.3, -0.25) is 4.90 Å². The largest absolute Gasteiger partial charge is 0.477 e. The van der Waals surface area contributed by atoms with E-state index in [1.165, 1.54) is 11.3 Å². The molecule has 1 fully saturated rings. The van der Waals surface area contributed by atoms with Gasteiger partial charge in [0.2, 0.25) is 0 Å². The third-order valence-electron chi connectivity index (χ3n) is 3.38. The number of nitrogens with zero attached hydrogens (tertiary/aromatic N) is 1. The Morgan fingerprint density at radius 3 is 2.85 bits per heavy atom. The summed E-state index contributed by atoms with van der Waals surface area (Å²) < 4.78 is 5.78. The van der Waals surface area contributed by atoms with E-state index in [4.69, 9.17) is 9.84 Å². The lowest BCUT2D eigenvalue weighted by Gasteiger charge is -2.42. The number of aliphatic hydroxyl groups is 1. The van der Waals surface area contributed by atoms with Crippen molar-refractivity contribution >= 4 is 17.3 Å². The normalized spacial score (nSPS) is 22.9. The van der Waals surface area contributed by atoms with Gasteiger partial charge in [0.1, 0.15) is 4.88 Å². The molecule has 0 aliphatic carbocycles. The standard InChI is InChI=1S/C14H21NO4S/c1-9-10(4-12(20-9)13(17)18)5-15-6-11(7-16)19-14(2,3)8-15/h4,11,16H,5-8H2,1-3H3,(H,17,18). The summed E-state index contributed by atoms with van der Waals surface area (Å²) in [4.78, 5) is 14.6. The van der Waals surface area contributed by atoms with Gasteiger partial charge < -0.3 is 14.9 Å². The number of ether oxygens (including phenoxy) is 1. The van der Waals surface area contributed by atoms with Crippen LogP contribution in [0, 0.1) is 6.92 Å². The highest BCUT2D eigenvalue weighted by molar-refractivity contribution is 7.14. The molecule has 2 rings (SSSR count). The molecule has 5 nitrogen and oxygen atoms in total. The first-order valence-corrected chi connectivity index (χ1v) is 7.46. The van der Waals surface area contributed by atoms with E-state index in [0.29, 0.717) is 18.0 Å². The van der Waals surface area contributed by atoms with Crippen LogP contribution in [-0.4, -0.2) is 52.5 Å². The van der Waals surface area contributed by atoms with Crippen molar-refractivity contribution in [1.29, 1.82) is 0 Å². The second-order valence-electron chi connectivity index (χ2n) is 5.85. The monoisotopic (exact) mass is 299 g/mol. The molecular weight excluding hydrogens is 278 g/mol. The fourth-order valence-corrected chi connectivity index (χ4v) is 3.53. The minimum atomic E-state index is -0.875. The van der Waals surface area contributed by atoms with Crippen molar-refractivity contribution in [3.63, 3.8) is 0 Å². The summed E-state index contributed by atoms with van der Waals surface area (Å²) >= 11 is 1.31. The number of hydrogen-bond donors (Lipinski definition) is 2. The minimum Gasteiger partial charge on any atom is -0.477 e. The molecule has 1 saturated heterocycles. The summed E-state index contributed by atoms with van der Waals surface area (Å²) in [6.45, 7) is 8.08. The van der Waals surface area contributed by atoms with Crippen molar-refractivity contribution in [1.82, 2.24) is 4.90 Å². The predicted molar refractivity (Wildman–Crippen MR) is 77.3 cm³/mol. The number of morpholine rings is 1. The SMILES string of the molecule is Cc1sc(C(=O)O)cc1CN1CC(CO)OC(C)(C)C1. The van der Waals surface area contributed by atoms with Gasteiger partial charge in [-0.25, -0.2) is 4.79 Å². The number of carbonyl (C=O) groups is 1. The third-order valence-corrected chi connectivity index (χ3v) is 4.46. The van der Waals surface area contributed by atoms with E-state index >= 15 is 0 Å². The quantitative estimate of drug-likeness (QED) is 0.886. The van der Waals surface area contributed by atoms with Crippen molar-refractivity contribution in [2.75, 3.05) is 19.7 Å². The summed E-state index contributed by atoms with van der Waals surface area (Å²) in [6, 6.07) is 1.75. The number of rotatable bonds is 4. The number of aryl methyl sites for hydroxylation is 1. The maximum absolute atomic E-state index is 11.0. The molecule has 2 heterocycles. The number of carboxylic acids is 1. The van der Waals surface area contributed by atoms with Crippen molar-refractivity contribution in [3.05, 3.63) is 21.4 Å². The van der Waals surface area contributed by atoms with Crippen LogP contribution in [0.5, 0.6) is 0 Å². The smallest absolute Gasteiger partial charge is 0.345 e. The number of aromatic carboxylic acids is 1. The van der Waals surface area contributed by atoms with Crippen LogP contribution in [0.2, 0.25) is 0 Å². The highest BCUT2D eigenvalue weighted by atomic mass is 32.1. The first kappa shape index (κ1) is 15.4. The molecule has 2 N–H and O–H groups in total. The maximum Gasteiger partial charge on any atom is 0.345 e. The Labute approximate surface area is 122 Å². The van der Waals surface area contributed by atoms with Gasteiger partial charge in [-0.2, -0.15) is 0 Å². The van der Waals surface area contributed by atoms with Crippen LogP contribution in [0.15, 0.2) is 6.07 Å². The van der Waals surface area contributed by atoms with Gasteiger partial charge in [-0.05, 0) is 32.4 Å². The number of carboxylic acid groups (broad SMARTS) is 1. The Morgan fingerprint density at radius 2 is 2.30 bits per heavy atom. The van der Waals surface area contributed by atoms with Gasteiger partial charge >= 0.3 is 5.97 Å². The lowest BCUT2D eigenvalue weighted by Crippen LogP contribution is -2.53. The fourth-order valence-electron chi connectivity index (χ4n) is 2.66.